The van der Waals surface area contributed by atoms with E-state index in [4.69, 9.17) is 4.98 Å². The molecule has 5 heteroatoms. The average Bonchev–Trinajstić information content (AvgIpc) is 3.00. The molecule has 4 rings (SSSR count). The molecule has 0 bridgehead atoms. The van der Waals surface area contributed by atoms with Gasteiger partial charge in [-0.15, -0.1) is 10.2 Å². The summed E-state index contributed by atoms with van der Waals surface area (Å²) in [7, 11) is 0. The number of nitrogens with one attached hydrogen (secondary N) is 1. The van der Waals surface area contributed by atoms with Gasteiger partial charge in [0.1, 0.15) is 6.33 Å². The van der Waals surface area contributed by atoms with Crippen LogP contribution in [0.1, 0.15) is 11.1 Å². The summed E-state index contributed by atoms with van der Waals surface area (Å²) in [4.78, 5) is 4.71. The highest BCUT2D eigenvalue weighted by atomic mass is 15.3. The van der Waals surface area contributed by atoms with Crippen molar-refractivity contribution in [3.05, 3.63) is 59.9 Å². The molecule has 0 aliphatic carbocycles. The Morgan fingerprint density at radius 3 is 2.77 bits per heavy atom. The first kappa shape index (κ1) is 12.8. The van der Waals surface area contributed by atoms with Crippen LogP contribution in [0.25, 0.3) is 16.6 Å². The van der Waals surface area contributed by atoms with E-state index in [0.29, 0.717) is 5.95 Å². The first-order valence-corrected chi connectivity index (χ1v) is 7.15. The molecule has 0 saturated carbocycles. The lowest BCUT2D eigenvalue weighted by Gasteiger charge is -2.12. The fraction of sp³-hybridized carbons (Fsp3) is 0.118. The molecule has 0 aliphatic rings. The molecule has 2 aromatic carbocycles. The third kappa shape index (κ3) is 1.98. The van der Waals surface area contributed by atoms with Crippen molar-refractivity contribution in [3.63, 3.8) is 0 Å². The fourth-order valence-electron chi connectivity index (χ4n) is 2.66. The molecule has 2 heterocycles. The average molecular weight is 289 g/mol. The van der Waals surface area contributed by atoms with Gasteiger partial charge in [0.2, 0.25) is 5.95 Å². The zero-order valence-corrected chi connectivity index (χ0v) is 12.4. The number of hydrogen-bond acceptors (Lipinski definition) is 4. The van der Waals surface area contributed by atoms with Crippen molar-refractivity contribution in [1.82, 2.24) is 19.6 Å². The summed E-state index contributed by atoms with van der Waals surface area (Å²) in [6.45, 7) is 4.17. The Hall–Kier alpha value is -2.95. The van der Waals surface area contributed by atoms with Gasteiger partial charge in [0.15, 0.2) is 5.65 Å². The van der Waals surface area contributed by atoms with E-state index in [0.717, 1.165) is 22.2 Å². The minimum absolute atomic E-state index is 0.714. The molecule has 0 spiro atoms. The molecule has 4 aromatic rings. The number of rotatable bonds is 2. The molecule has 0 radical (unpaired) electrons. The van der Waals surface area contributed by atoms with Crippen molar-refractivity contribution in [2.24, 2.45) is 0 Å². The minimum Gasteiger partial charge on any atom is -0.325 e. The standard InChI is InChI=1S/C17H15N5/c1-11-7-8-14(12(2)9-11)19-17-20-15-6-4-3-5-13(15)16-21-18-10-22(16)17/h3-10H,1-2H3,(H,19,20). The molecular formula is C17H15N5. The molecule has 0 fully saturated rings. The monoisotopic (exact) mass is 289 g/mol. The quantitative estimate of drug-likeness (QED) is 0.612. The first-order chi connectivity index (χ1) is 10.7. The lowest BCUT2D eigenvalue weighted by Crippen LogP contribution is -2.03. The summed E-state index contributed by atoms with van der Waals surface area (Å²) in [6.07, 6.45) is 1.68. The smallest absolute Gasteiger partial charge is 0.215 e. The van der Waals surface area contributed by atoms with E-state index in [9.17, 15) is 0 Å². The van der Waals surface area contributed by atoms with Gasteiger partial charge in [-0.3, -0.25) is 4.40 Å². The summed E-state index contributed by atoms with van der Waals surface area (Å²) < 4.78 is 1.88. The van der Waals surface area contributed by atoms with Gasteiger partial charge in [0.05, 0.1) is 5.52 Å². The summed E-state index contributed by atoms with van der Waals surface area (Å²) in [6, 6.07) is 14.2. The zero-order chi connectivity index (χ0) is 15.1. The highest BCUT2D eigenvalue weighted by molar-refractivity contribution is 5.92. The van der Waals surface area contributed by atoms with Crippen LogP contribution < -0.4 is 5.32 Å². The van der Waals surface area contributed by atoms with Crippen molar-refractivity contribution < 1.29 is 0 Å². The van der Waals surface area contributed by atoms with Crippen LogP contribution in [0.2, 0.25) is 0 Å². The Bertz CT molecular complexity index is 987. The minimum atomic E-state index is 0.714. The molecule has 0 atom stereocenters. The number of benzene rings is 2. The lowest BCUT2D eigenvalue weighted by molar-refractivity contribution is 1.08. The first-order valence-electron chi connectivity index (χ1n) is 7.15. The maximum Gasteiger partial charge on any atom is 0.215 e. The molecule has 0 unspecified atom stereocenters. The zero-order valence-electron chi connectivity index (χ0n) is 12.4. The van der Waals surface area contributed by atoms with E-state index in [2.05, 4.69) is 47.6 Å². The summed E-state index contributed by atoms with van der Waals surface area (Å²) >= 11 is 0. The highest BCUT2D eigenvalue weighted by Gasteiger charge is 2.10. The van der Waals surface area contributed by atoms with Gasteiger partial charge in [-0.05, 0) is 37.6 Å². The number of aryl methyl sites for hydroxylation is 2. The van der Waals surface area contributed by atoms with Crippen LogP contribution in [0.5, 0.6) is 0 Å². The summed E-state index contributed by atoms with van der Waals surface area (Å²) in [5, 5.41) is 12.6. The summed E-state index contributed by atoms with van der Waals surface area (Å²) in [5.41, 5.74) is 5.15. The van der Waals surface area contributed by atoms with Crippen LogP contribution in [0, 0.1) is 13.8 Å². The second-order valence-electron chi connectivity index (χ2n) is 5.42. The van der Waals surface area contributed by atoms with Crippen LogP contribution in [-0.4, -0.2) is 19.6 Å². The number of fused-ring (bicyclic) bond motifs is 3. The van der Waals surface area contributed by atoms with Gasteiger partial charge in [0.25, 0.3) is 0 Å². The van der Waals surface area contributed by atoms with E-state index in [1.54, 1.807) is 6.33 Å². The van der Waals surface area contributed by atoms with Crippen molar-refractivity contribution in [2.75, 3.05) is 5.32 Å². The van der Waals surface area contributed by atoms with Gasteiger partial charge >= 0.3 is 0 Å². The van der Waals surface area contributed by atoms with Gasteiger partial charge in [0, 0.05) is 11.1 Å². The van der Waals surface area contributed by atoms with Crippen LogP contribution in [0.3, 0.4) is 0 Å². The molecule has 22 heavy (non-hydrogen) atoms. The van der Waals surface area contributed by atoms with Gasteiger partial charge in [-0.2, -0.15) is 0 Å². The van der Waals surface area contributed by atoms with E-state index in [1.807, 2.05) is 28.7 Å². The Morgan fingerprint density at radius 1 is 1.05 bits per heavy atom. The largest absolute Gasteiger partial charge is 0.325 e. The maximum absolute atomic E-state index is 4.71. The second kappa shape index (κ2) is 4.80. The second-order valence-corrected chi connectivity index (χ2v) is 5.42. The normalized spacial score (nSPS) is 11.2. The number of anilines is 2. The van der Waals surface area contributed by atoms with E-state index in [1.165, 1.54) is 11.1 Å². The van der Waals surface area contributed by atoms with Crippen LogP contribution in [-0.2, 0) is 0 Å². The van der Waals surface area contributed by atoms with Gasteiger partial charge < -0.3 is 5.32 Å². The topological polar surface area (TPSA) is 55.1 Å². The van der Waals surface area contributed by atoms with Crippen LogP contribution in [0.4, 0.5) is 11.6 Å². The van der Waals surface area contributed by atoms with Crippen molar-refractivity contribution >= 4 is 28.2 Å². The third-order valence-corrected chi connectivity index (χ3v) is 3.78. The van der Waals surface area contributed by atoms with Gasteiger partial charge in [-0.25, -0.2) is 4.98 Å². The predicted octanol–water partition coefficient (Wildman–Crippen LogP) is 3.64. The molecule has 5 nitrogen and oxygen atoms in total. The van der Waals surface area contributed by atoms with Gasteiger partial charge in [-0.1, -0.05) is 29.8 Å². The van der Waals surface area contributed by atoms with Crippen molar-refractivity contribution in [1.29, 1.82) is 0 Å². The van der Waals surface area contributed by atoms with Crippen molar-refractivity contribution in [3.8, 4) is 0 Å². The maximum atomic E-state index is 4.71. The molecule has 0 saturated heterocycles. The van der Waals surface area contributed by atoms with Crippen molar-refractivity contribution in [2.45, 2.75) is 13.8 Å². The third-order valence-electron chi connectivity index (χ3n) is 3.78. The number of para-hydroxylation sites is 1. The predicted molar refractivity (Wildman–Crippen MR) is 87.5 cm³/mol. The molecule has 0 amide bonds. The number of nitrogens with zero attached hydrogens (tertiary/aromatic N) is 4. The molecular weight excluding hydrogens is 274 g/mol. The summed E-state index contributed by atoms with van der Waals surface area (Å²) in [5.74, 6) is 0.714. The van der Waals surface area contributed by atoms with Crippen LogP contribution >= 0.6 is 0 Å². The Morgan fingerprint density at radius 2 is 1.91 bits per heavy atom. The fourth-order valence-corrected chi connectivity index (χ4v) is 2.66. The number of hydrogen-bond donors (Lipinski definition) is 1. The lowest BCUT2D eigenvalue weighted by atomic mass is 10.1. The van der Waals surface area contributed by atoms with Crippen LogP contribution in [0.15, 0.2) is 48.8 Å². The highest BCUT2D eigenvalue weighted by Crippen LogP contribution is 2.24. The Labute approximate surface area is 127 Å². The van der Waals surface area contributed by atoms with E-state index >= 15 is 0 Å². The molecule has 1 N–H and O–H groups in total. The Kier molecular flexibility index (Phi) is 2.79. The SMILES string of the molecule is Cc1ccc(Nc2nc3ccccc3c3nncn23)c(C)c1. The molecule has 108 valence electrons. The van der Waals surface area contributed by atoms with E-state index in [-0.39, 0.29) is 0 Å². The molecule has 0 aliphatic heterocycles. The Balaban J connectivity index is 1.91. The number of aromatic nitrogens is 4. The van der Waals surface area contributed by atoms with E-state index < -0.39 is 0 Å². The molecule has 2 aromatic heterocycles.